The molecule has 1 amide bonds. The van der Waals surface area contributed by atoms with Crippen LogP contribution in [0.4, 0.5) is 23.2 Å². The number of alkyl halides is 3. The minimum Gasteiger partial charge on any atom is -0.323 e. The first kappa shape index (κ1) is 11.5. The van der Waals surface area contributed by atoms with E-state index in [2.05, 4.69) is 0 Å². The fourth-order valence-electron chi connectivity index (χ4n) is 1.06. The zero-order valence-corrected chi connectivity index (χ0v) is 7.65. The topological polar surface area (TPSA) is 29.1 Å². The van der Waals surface area contributed by atoms with Gasteiger partial charge in [0, 0.05) is 6.92 Å². The summed E-state index contributed by atoms with van der Waals surface area (Å²) in [7, 11) is 0. The summed E-state index contributed by atoms with van der Waals surface area (Å²) in [6.45, 7) is 1.01. The van der Waals surface area contributed by atoms with Crippen LogP contribution >= 0.6 is 0 Å². The Kier molecular flexibility index (Phi) is 2.97. The third-order valence-corrected chi connectivity index (χ3v) is 1.62. The van der Waals surface area contributed by atoms with Gasteiger partial charge in [0.15, 0.2) is 0 Å². The van der Waals surface area contributed by atoms with E-state index in [4.69, 9.17) is 0 Å². The average Bonchev–Trinajstić information content (AvgIpc) is 2.05. The van der Waals surface area contributed by atoms with Crippen molar-refractivity contribution in [3.63, 3.8) is 0 Å². The smallest absolute Gasteiger partial charge is 0.323 e. The number of para-hydroxylation sites is 1. The van der Waals surface area contributed by atoms with E-state index in [1.165, 1.54) is 0 Å². The highest BCUT2D eigenvalue weighted by Crippen LogP contribution is 2.35. The summed E-state index contributed by atoms with van der Waals surface area (Å²) in [5.74, 6) is -1.87. The highest BCUT2D eigenvalue weighted by atomic mass is 19.4. The van der Waals surface area contributed by atoms with Gasteiger partial charge in [-0.3, -0.25) is 4.79 Å². The van der Waals surface area contributed by atoms with E-state index in [9.17, 15) is 22.4 Å². The van der Waals surface area contributed by atoms with E-state index in [-0.39, 0.29) is 0 Å². The molecule has 0 bridgehead atoms. The van der Waals surface area contributed by atoms with Crippen molar-refractivity contribution in [3.05, 3.63) is 29.6 Å². The second-order valence-electron chi connectivity index (χ2n) is 2.84. The Morgan fingerprint density at radius 3 is 2.40 bits per heavy atom. The first-order valence-electron chi connectivity index (χ1n) is 3.95. The number of carbonyl (C=O) groups is 1. The number of carbonyl (C=O) groups excluding carboxylic acids is 1. The van der Waals surface area contributed by atoms with E-state index in [0.717, 1.165) is 19.1 Å². The van der Waals surface area contributed by atoms with Gasteiger partial charge < -0.3 is 5.32 Å². The van der Waals surface area contributed by atoms with Crippen molar-refractivity contribution >= 4 is 11.6 Å². The van der Waals surface area contributed by atoms with Crippen molar-refractivity contribution in [2.45, 2.75) is 13.1 Å². The molecule has 1 aromatic rings. The Balaban J connectivity index is 3.26. The Morgan fingerprint density at radius 2 is 1.93 bits per heavy atom. The first-order chi connectivity index (χ1) is 6.82. The number of benzene rings is 1. The average molecular weight is 221 g/mol. The van der Waals surface area contributed by atoms with Crippen molar-refractivity contribution in [3.8, 4) is 0 Å². The van der Waals surface area contributed by atoms with Crippen LogP contribution in [-0.4, -0.2) is 5.91 Å². The summed E-state index contributed by atoms with van der Waals surface area (Å²) in [6, 6.07) is 2.48. The Morgan fingerprint density at radius 1 is 1.33 bits per heavy atom. The lowest BCUT2D eigenvalue weighted by molar-refractivity contribution is -0.137. The van der Waals surface area contributed by atoms with Crippen molar-refractivity contribution in [2.75, 3.05) is 5.32 Å². The highest BCUT2D eigenvalue weighted by Gasteiger charge is 2.34. The van der Waals surface area contributed by atoms with Gasteiger partial charge in [-0.25, -0.2) is 4.39 Å². The number of rotatable bonds is 1. The van der Waals surface area contributed by atoms with Crippen LogP contribution in [0.1, 0.15) is 12.5 Å². The largest absolute Gasteiger partial charge is 0.418 e. The molecule has 0 saturated heterocycles. The van der Waals surface area contributed by atoms with Crippen LogP contribution in [0, 0.1) is 5.82 Å². The van der Waals surface area contributed by atoms with Crippen molar-refractivity contribution < 1.29 is 22.4 Å². The lowest BCUT2D eigenvalue weighted by Crippen LogP contribution is -2.15. The summed E-state index contributed by atoms with van der Waals surface area (Å²) >= 11 is 0. The van der Waals surface area contributed by atoms with Crippen molar-refractivity contribution in [2.24, 2.45) is 0 Å². The molecule has 1 rings (SSSR count). The Hall–Kier alpha value is -1.59. The van der Waals surface area contributed by atoms with E-state index >= 15 is 0 Å². The van der Waals surface area contributed by atoms with E-state index in [1.54, 1.807) is 0 Å². The number of nitrogens with one attached hydrogen (secondary N) is 1. The number of anilines is 1. The van der Waals surface area contributed by atoms with Gasteiger partial charge >= 0.3 is 6.18 Å². The van der Waals surface area contributed by atoms with Gasteiger partial charge in [-0.1, -0.05) is 6.07 Å². The van der Waals surface area contributed by atoms with Crippen LogP contribution < -0.4 is 5.32 Å². The SMILES string of the molecule is CC(=O)Nc1c(F)cccc1C(F)(F)F. The predicted molar refractivity (Wildman–Crippen MR) is 45.7 cm³/mol. The van der Waals surface area contributed by atoms with Crippen molar-refractivity contribution in [1.29, 1.82) is 0 Å². The summed E-state index contributed by atoms with van der Waals surface area (Å²) in [5.41, 5.74) is -2.03. The third kappa shape index (κ3) is 2.68. The summed E-state index contributed by atoms with van der Waals surface area (Å²) in [4.78, 5) is 10.6. The van der Waals surface area contributed by atoms with Gasteiger partial charge in [-0.2, -0.15) is 13.2 Å². The Labute approximate surface area is 82.9 Å². The molecule has 0 aliphatic heterocycles. The molecule has 0 unspecified atom stereocenters. The van der Waals surface area contributed by atoms with Crippen LogP contribution in [0.5, 0.6) is 0 Å². The van der Waals surface area contributed by atoms with Crippen LogP contribution in [0.15, 0.2) is 18.2 Å². The Bertz CT molecular complexity index is 386. The van der Waals surface area contributed by atoms with E-state index in [1.807, 2.05) is 5.32 Å². The molecular weight excluding hydrogens is 214 g/mol. The lowest BCUT2D eigenvalue weighted by atomic mass is 10.1. The third-order valence-electron chi connectivity index (χ3n) is 1.62. The molecule has 82 valence electrons. The molecule has 0 aliphatic rings. The van der Waals surface area contributed by atoms with Gasteiger partial charge in [0.2, 0.25) is 5.91 Å². The molecule has 0 heterocycles. The number of hydrogen-bond acceptors (Lipinski definition) is 1. The maximum atomic E-state index is 13.0. The van der Waals surface area contributed by atoms with Crippen molar-refractivity contribution in [1.82, 2.24) is 0 Å². The van der Waals surface area contributed by atoms with Gasteiger partial charge in [0.1, 0.15) is 5.82 Å². The van der Waals surface area contributed by atoms with Gasteiger partial charge in [-0.05, 0) is 12.1 Å². The number of halogens is 4. The number of hydrogen-bond donors (Lipinski definition) is 1. The van der Waals surface area contributed by atoms with Gasteiger partial charge in [0.05, 0.1) is 11.3 Å². The maximum absolute atomic E-state index is 13.0. The zero-order valence-electron chi connectivity index (χ0n) is 7.65. The van der Waals surface area contributed by atoms with Crippen LogP contribution in [0.2, 0.25) is 0 Å². The molecule has 0 saturated carbocycles. The molecule has 0 aromatic heterocycles. The molecule has 0 aliphatic carbocycles. The first-order valence-corrected chi connectivity index (χ1v) is 3.95. The summed E-state index contributed by atoms with van der Waals surface area (Å²) in [6.07, 6.45) is -4.69. The molecule has 6 heteroatoms. The monoisotopic (exact) mass is 221 g/mol. The maximum Gasteiger partial charge on any atom is 0.418 e. The van der Waals surface area contributed by atoms with Crippen LogP contribution in [-0.2, 0) is 11.0 Å². The molecule has 1 aromatic carbocycles. The van der Waals surface area contributed by atoms with Gasteiger partial charge in [-0.15, -0.1) is 0 Å². The van der Waals surface area contributed by atoms with E-state index < -0.39 is 29.2 Å². The molecule has 2 nitrogen and oxygen atoms in total. The fourth-order valence-corrected chi connectivity index (χ4v) is 1.06. The zero-order chi connectivity index (χ0) is 11.6. The predicted octanol–water partition coefficient (Wildman–Crippen LogP) is 2.80. The molecule has 1 N–H and O–H groups in total. The van der Waals surface area contributed by atoms with Crippen LogP contribution in [0.3, 0.4) is 0 Å². The van der Waals surface area contributed by atoms with Crippen LogP contribution in [0.25, 0.3) is 0 Å². The number of amides is 1. The molecular formula is C9H7F4NO. The van der Waals surface area contributed by atoms with E-state index in [0.29, 0.717) is 6.07 Å². The second kappa shape index (κ2) is 3.88. The van der Waals surface area contributed by atoms with Gasteiger partial charge in [0.25, 0.3) is 0 Å². The molecule has 15 heavy (non-hydrogen) atoms. The quantitative estimate of drug-likeness (QED) is 0.726. The minimum absolute atomic E-state index is 0.703. The summed E-state index contributed by atoms with van der Waals surface area (Å²) in [5, 5.41) is 1.81. The molecule has 0 spiro atoms. The standard InChI is InChI=1S/C9H7F4NO/c1-5(15)14-8-6(9(11,12)13)3-2-4-7(8)10/h2-4H,1H3,(H,14,15). The lowest BCUT2D eigenvalue weighted by Gasteiger charge is -2.13. The highest BCUT2D eigenvalue weighted by molar-refractivity contribution is 5.89. The summed E-state index contributed by atoms with van der Waals surface area (Å²) < 4.78 is 50.1. The minimum atomic E-state index is -4.69. The molecule has 0 fully saturated rings. The molecule has 0 radical (unpaired) electrons. The normalized spacial score (nSPS) is 11.3. The molecule has 0 atom stereocenters. The second-order valence-corrected chi connectivity index (χ2v) is 2.84. The fraction of sp³-hybridized carbons (Fsp3) is 0.222.